The summed E-state index contributed by atoms with van der Waals surface area (Å²) < 4.78 is 26.4. The highest BCUT2D eigenvalue weighted by atomic mass is 32.2. The van der Waals surface area contributed by atoms with Gasteiger partial charge < -0.3 is 10.2 Å². The topological polar surface area (TPSA) is 86.8 Å². The average molecular weight is 502 g/mol. The maximum atomic E-state index is 13.4. The van der Waals surface area contributed by atoms with Gasteiger partial charge in [0.05, 0.1) is 11.9 Å². The van der Waals surface area contributed by atoms with Crippen molar-refractivity contribution in [3.05, 3.63) is 64.7 Å². The summed E-state index contributed by atoms with van der Waals surface area (Å²) in [6, 6.07) is 13.0. The summed E-state index contributed by atoms with van der Waals surface area (Å²) in [6.45, 7) is 10.6. The number of carbonyl (C=O) groups is 2. The van der Waals surface area contributed by atoms with Gasteiger partial charge in [-0.1, -0.05) is 42.8 Å². The molecule has 0 aromatic heterocycles. The maximum absolute atomic E-state index is 13.4. The van der Waals surface area contributed by atoms with Crippen LogP contribution in [0.5, 0.6) is 0 Å². The normalized spacial score (nSPS) is 12.2. The number of hydrogen-bond acceptors (Lipinski definition) is 4. The van der Waals surface area contributed by atoms with Crippen molar-refractivity contribution in [2.75, 3.05) is 23.7 Å². The van der Waals surface area contributed by atoms with Crippen molar-refractivity contribution in [3.8, 4) is 0 Å². The molecule has 8 heteroatoms. The van der Waals surface area contributed by atoms with E-state index in [9.17, 15) is 18.0 Å². The Kier molecular flexibility index (Phi) is 10.3. The van der Waals surface area contributed by atoms with Crippen LogP contribution < -0.4 is 9.62 Å². The molecule has 0 aliphatic heterocycles. The Morgan fingerprint density at radius 2 is 1.54 bits per heavy atom. The number of nitrogens with zero attached hydrogens (tertiary/aromatic N) is 2. The third-order valence-corrected chi connectivity index (χ3v) is 7.05. The predicted molar refractivity (Wildman–Crippen MR) is 142 cm³/mol. The van der Waals surface area contributed by atoms with E-state index >= 15 is 0 Å². The van der Waals surface area contributed by atoms with Crippen molar-refractivity contribution in [1.29, 1.82) is 0 Å². The molecule has 0 aliphatic rings. The Hall–Kier alpha value is -2.87. The number of aryl methyl sites for hydroxylation is 3. The maximum Gasteiger partial charge on any atom is 0.242 e. The molecule has 2 aromatic carbocycles. The van der Waals surface area contributed by atoms with E-state index in [-0.39, 0.29) is 24.8 Å². The monoisotopic (exact) mass is 501 g/mol. The molecule has 2 amide bonds. The van der Waals surface area contributed by atoms with E-state index in [4.69, 9.17) is 0 Å². The van der Waals surface area contributed by atoms with Gasteiger partial charge in [-0.3, -0.25) is 13.9 Å². The van der Waals surface area contributed by atoms with Gasteiger partial charge in [-0.15, -0.1) is 0 Å². The zero-order chi connectivity index (χ0) is 26.2. The summed E-state index contributed by atoms with van der Waals surface area (Å²) in [5, 5.41) is 2.83. The first-order chi connectivity index (χ1) is 16.5. The van der Waals surface area contributed by atoms with Crippen molar-refractivity contribution in [2.24, 2.45) is 0 Å². The first-order valence-corrected chi connectivity index (χ1v) is 14.0. The summed E-state index contributed by atoms with van der Waals surface area (Å²) in [4.78, 5) is 27.7. The van der Waals surface area contributed by atoms with Crippen molar-refractivity contribution in [1.82, 2.24) is 10.2 Å². The zero-order valence-electron chi connectivity index (χ0n) is 21.8. The summed E-state index contributed by atoms with van der Waals surface area (Å²) in [5.41, 5.74) is 4.61. The van der Waals surface area contributed by atoms with Crippen molar-refractivity contribution in [3.63, 3.8) is 0 Å². The Bertz CT molecular complexity index is 1090. The SMILES string of the molecule is CCNC(=O)[C@H](CC)N(Cc1ccc(C)cc1)C(=O)CCCN(c1cc(C)cc(C)c1)S(C)(=O)=O. The molecule has 0 saturated carbocycles. The van der Waals surface area contributed by atoms with Gasteiger partial charge in [-0.05, 0) is 69.4 Å². The zero-order valence-corrected chi connectivity index (χ0v) is 22.6. The second kappa shape index (κ2) is 12.7. The smallest absolute Gasteiger partial charge is 0.242 e. The van der Waals surface area contributed by atoms with Gasteiger partial charge in [0.15, 0.2) is 0 Å². The fourth-order valence-corrected chi connectivity index (χ4v) is 5.15. The molecular weight excluding hydrogens is 462 g/mol. The summed E-state index contributed by atoms with van der Waals surface area (Å²) in [6.07, 6.45) is 2.15. The lowest BCUT2D eigenvalue weighted by molar-refractivity contribution is -0.141. The first kappa shape index (κ1) is 28.4. The van der Waals surface area contributed by atoms with Gasteiger partial charge >= 0.3 is 0 Å². The van der Waals surface area contributed by atoms with Crippen LogP contribution in [0.1, 0.15) is 55.4 Å². The molecule has 0 aliphatic carbocycles. The quantitative estimate of drug-likeness (QED) is 0.474. The van der Waals surface area contributed by atoms with E-state index in [1.807, 2.05) is 77.1 Å². The van der Waals surface area contributed by atoms with Gasteiger partial charge in [-0.25, -0.2) is 8.42 Å². The number of anilines is 1. The van der Waals surface area contributed by atoms with Crippen molar-refractivity contribution in [2.45, 2.75) is 66.5 Å². The van der Waals surface area contributed by atoms with Crippen LogP contribution in [0.15, 0.2) is 42.5 Å². The molecule has 0 heterocycles. The highest BCUT2D eigenvalue weighted by Crippen LogP contribution is 2.22. The van der Waals surface area contributed by atoms with Crippen molar-refractivity contribution >= 4 is 27.5 Å². The number of nitrogens with one attached hydrogen (secondary N) is 1. The molecule has 7 nitrogen and oxygen atoms in total. The van der Waals surface area contributed by atoms with E-state index in [1.165, 1.54) is 10.6 Å². The minimum absolute atomic E-state index is 0.137. The Balaban J connectivity index is 2.22. The van der Waals surface area contributed by atoms with E-state index in [0.29, 0.717) is 31.6 Å². The molecule has 0 bridgehead atoms. The number of rotatable bonds is 12. The lowest BCUT2D eigenvalue weighted by Gasteiger charge is -2.31. The molecule has 1 atom stereocenters. The second-order valence-electron chi connectivity index (χ2n) is 9.11. The van der Waals surface area contributed by atoms with Crippen LogP contribution in [-0.2, 0) is 26.2 Å². The van der Waals surface area contributed by atoms with Crippen LogP contribution in [0.4, 0.5) is 5.69 Å². The molecule has 1 N–H and O–H groups in total. The molecule has 2 rings (SSSR count). The number of amides is 2. The highest BCUT2D eigenvalue weighted by molar-refractivity contribution is 7.92. The molecule has 35 heavy (non-hydrogen) atoms. The minimum Gasteiger partial charge on any atom is -0.355 e. The fraction of sp³-hybridized carbons (Fsp3) is 0.481. The number of benzene rings is 2. The van der Waals surface area contributed by atoms with Crippen LogP contribution in [0, 0.1) is 20.8 Å². The van der Waals surface area contributed by atoms with Crippen LogP contribution in [0.3, 0.4) is 0 Å². The molecule has 192 valence electrons. The Morgan fingerprint density at radius 1 is 0.943 bits per heavy atom. The molecule has 0 unspecified atom stereocenters. The molecular formula is C27H39N3O4S. The molecule has 0 spiro atoms. The Labute approximate surface area is 210 Å². The molecule has 2 aromatic rings. The van der Waals surface area contributed by atoms with Crippen LogP contribution in [-0.4, -0.2) is 50.5 Å². The third-order valence-electron chi connectivity index (χ3n) is 5.86. The summed E-state index contributed by atoms with van der Waals surface area (Å²) in [5.74, 6) is -0.346. The van der Waals surface area contributed by atoms with Gasteiger partial charge in [0, 0.05) is 26.1 Å². The average Bonchev–Trinajstić information content (AvgIpc) is 2.76. The summed E-state index contributed by atoms with van der Waals surface area (Å²) >= 11 is 0. The van der Waals surface area contributed by atoms with Crippen LogP contribution in [0.2, 0.25) is 0 Å². The van der Waals surface area contributed by atoms with Crippen LogP contribution >= 0.6 is 0 Å². The van der Waals surface area contributed by atoms with Gasteiger partial charge in [-0.2, -0.15) is 0 Å². The first-order valence-electron chi connectivity index (χ1n) is 12.1. The largest absolute Gasteiger partial charge is 0.355 e. The van der Waals surface area contributed by atoms with Gasteiger partial charge in [0.2, 0.25) is 21.8 Å². The molecule has 0 fully saturated rings. The van der Waals surface area contributed by atoms with E-state index < -0.39 is 16.1 Å². The standard InChI is InChI=1S/C27H39N3O4S/c1-7-25(27(32)28-8-2)29(19-23-13-11-20(3)12-14-23)26(31)10-9-15-30(35(6,33)34)24-17-21(4)16-22(5)18-24/h11-14,16-18,25H,7-10,15,19H2,1-6H3,(H,28,32)/t25-/m0/s1. The number of sulfonamides is 1. The molecule has 0 saturated heterocycles. The van der Waals surface area contributed by atoms with Gasteiger partial charge in [0.25, 0.3) is 0 Å². The second-order valence-corrected chi connectivity index (χ2v) is 11.0. The van der Waals surface area contributed by atoms with Crippen molar-refractivity contribution < 1.29 is 18.0 Å². The summed E-state index contributed by atoms with van der Waals surface area (Å²) in [7, 11) is -3.52. The van der Waals surface area contributed by atoms with E-state index in [2.05, 4.69) is 5.32 Å². The third kappa shape index (κ3) is 8.38. The van der Waals surface area contributed by atoms with Crippen LogP contribution in [0.25, 0.3) is 0 Å². The molecule has 0 radical (unpaired) electrons. The number of carbonyl (C=O) groups excluding carboxylic acids is 2. The van der Waals surface area contributed by atoms with Gasteiger partial charge in [0.1, 0.15) is 6.04 Å². The lowest BCUT2D eigenvalue weighted by atomic mass is 10.1. The number of hydrogen-bond donors (Lipinski definition) is 1. The van der Waals surface area contributed by atoms with E-state index in [1.54, 1.807) is 4.90 Å². The lowest BCUT2D eigenvalue weighted by Crippen LogP contribution is -2.49. The minimum atomic E-state index is -3.52. The fourth-order valence-electron chi connectivity index (χ4n) is 4.20. The number of likely N-dealkylation sites (N-methyl/N-ethyl adjacent to an activating group) is 1. The predicted octanol–water partition coefficient (Wildman–Crippen LogP) is 4.10. The van der Waals surface area contributed by atoms with E-state index in [0.717, 1.165) is 22.3 Å². The highest BCUT2D eigenvalue weighted by Gasteiger charge is 2.28. The Morgan fingerprint density at radius 3 is 2.06 bits per heavy atom.